The molecule has 0 radical (unpaired) electrons. The zero-order chi connectivity index (χ0) is 17.3. The van der Waals surface area contributed by atoms with Gasteiger partial charge in [-0.1, -0.05) is 39.8 Å². The molecule has 0 aliphatic rings. The van der Waals surface area contributed by atoms with Crippen LogP contribution in [0.3, 0.4) is 0 Å². The molecule has 0 saturated heterocycles. The van der Waals surface area contributed by atoms with Crippen LogP contribution < -0.4 is 5.32 Å². The Balaban J connectivity index is 2.94. The van der Waals surface area contributed by atoms with Crippen LogP contribution in [0.5, 0.6) is 0 Å². The maximum absolute atomic E-state index is 12.4. The van der Waals surface area contributed by atoms with Crippen molar-refractivity contribution in [1.29, 1.82) is 0 Å². The fourth-order valence-electron chi connectivity index (χ4n) is 1.74. The predicted molar refractivity (Wildman–Crippen MR) is 86.5 cm³/mol. The van der Waals surface area contributed by atoms with Crippen molar-refractivity contribution in [3.05, 3.63) is 11.8 Å². The molecule has 0 atom stereocenters. The molecule has 1 heterocycles. The van der Waals surface area contributed by atoms with Crippen LogP contribution in [0.15, 0.2) is 10.6 Å². The third-order valence-electron chi connectivity index (χ3n) is 3.37. The maximum atomic E-state index is 12.4. The van der Waals surface area contributed by atoms with Crippen LogP contribution in [0.4, 0.5) is 5.82 Å². The molecule has 0 spiro atoms. The summed E-state index contributed by atoms with van der Waals surface area (Å²) in [6.07, 6.45) is 0. The Hall–Kier alpha value is -1.37. The highest BCUT2D eigenvalue weighted by atomic mass is 32.2. The second-order valence-electron chi connectivity index (χ2n) is 7.47. The number of amides is 1. The lowest BCUT2D eigenvalue weighted by molar-refractivity contribution is -0.117. The smallest absolute Gasteiger partial charge is 0.246 e. The summed E-state index contributed by atoms with van der Waals surface area (Å²) in [5.41, 5.74) is -0.241. The standard InChI is InChI=1S/C15H26N2O4S/c1-10(2)9-22(19,20)15(6,7)13(18)16-12-8-11(21-17-12)14(3,4)5/h8,10H,9H2,1-7H3,(H,16,17,18). The first-order valence-electron chi connectivity index (χ1n) is 7.28. The first-order chi connectivity index (χ1) is 9.77. The van der Waals surface area contributed by atoms with Gasteiger partial charge in [0.15, 0.2) is 15.7 Å². The Kier molecular flexibility index (Phi) is 5.11. The molecule has 1 N–H and O–H groups in total. The number of sulfone groups is 1. The third kappa shape index (κ3) is 4.09. The first-order valence-corrected chi connectivity index (χ1v) is 8.93. The van der Waals surface area contributed by atoms with Gasteiger partial charge in [0.2, 0.25) is 5.91 Å². The van der Waals surface area contributed by atoms with E-state index in [4.69, 9.17) is 4.52 Å². The maximum Gasteiger partial charge on any atom is 0.246 e. The zero-order valence-corrected chi connectivity index (χ0v) is 15.2. The van der Waals surface area contributed by atoms with Gasteiger partial charge in [-0.25, -0.2) is 8.42 Å². The molecule has 0 aliphatic heterocycles. The van der Waals surface area contributed by atoms with Crippen molar-refractivity contribution >= 4 is 21.6 Å². The van der Waals surface area contributed by atoms with E-state index in [9.17, 15) is 13.2 Å². The van der Waals surface area contributed by atoms with Gasteiger partial charge in [-0.2, -0.15) is 0 Å². The number of hydrogen-bond donors (Lipinski definition) is 1. The Morgan fingerprint density at radius 3 is 2.23 bits per heavy atom. The molecule has 22 heavy (non-hydrogen) atoms. The highest BCUT2D eigenvalue weighted by Gasteiger charge is 2.42. The highest BCUT2D eigenvalue weighted by Crippen LogP contribution is 2.26. The van der Waals surface area contributed by atoms with Crippen LogP contribution in [0.25, 0.3) is 0 Å². The van der Waals surface area contributed by atoms with E-state index in [1.807, 2.05) is 20.8 Å². The van der Waals surface area contributed by atoms with Gasteiger partial charge in [-0.05, 0) is 19.8 Å². The minimum atomic E-state index is -3.57. The van der Waals surface area contributed by atoms with Gasteiger partial charge < -0.3 is 9.84 Å². The van der Waals surface area contributed by atoms with Crippen molar-refractivity contribution in [3.63, 3.8) is 0 Å². The van der Waals surface area contributed by atoms with Crippen molar-refractivity contribution < 1.29 is 17.7 Å². The van der Waals surface area contributed by atoms with Crippen molar-refractivity contribution in [2.24, 2.45) is 5.92 Å². The van der Waals surface area contributed by atoms with Crippen LogP contribution >= 0.6 is 0 Å². The Morgan fingerprint density at radius 2 is 1.82 bits per heavy atom. The van der Waals surface area contributed by atoms with E-state index in [2.05, 4.69) is 10.5 Å². The van der Waals surface area contributed by atoms with Gasteiger partial charge in [0, 0.05) is 11.5 Å². The highest BCUT2D eigenvalue weighted by molar-refractivity contribution is 7.93. The third-order valence-corrected chi connectivity index (χ3v) is 6.21. The Labute approximate surface area is 132 Å². The van der Waals surface area contributed by atoms with Crippen LogP contribution in [-0.4, -0.2) is 30.0 Å². The van der Waals surface area contributed by atoms with Crippen molar-refractivity contribution in [1.82, 2.24) is 5.16 Å². The van der Waals surface area contributed by atoms with Gasteiger partial charge in [0.25, 0.3) is 0 Å². The average Bonchev–Trinajstić information content (AvgIpc) is 2.74. The molecular weight excluding hydrogens is 304 g/mol. The summed E-state index contributed by atoms with van der Waals surface area (Å²) in [7, 11) is -3.57. The van der Waals surface area contributed by atoms with Gasteiger partial charge in [-0.3, -0.25) is 4.79 Å². The average molecular weight is 330 g/mol. The molecule has 0 fully saturated rings. The SMILES string of the molecule is CC(C)CS(=O)(=O)C(C)(C)C(=O)Nc1cc(C(C)(C)C)on1. The van der Waals surface area contributed by atoms with E-state index in [0.29, 0.717) is 5.76 Å². The van der Waals surface area contributed by atoms with E-state index >= 15 is 0 Å². The number of rotatable bonds is 5. The zero-order valence-electron chi connectivity index (χ0n) is 14.4. The number of carbonyl (C=O) groups excluding carboxylic acids is 1. The minimum absolute atomic E-state index is 0.0422. The van der Waals surface area contributed by atoms with E-state index < -0.39 is 20.5 Å². The molecular formula is C15H26N2O4S. The van der Waals surface area contributed by atoms with Crippen LogP contribution in [0, 0.1) is 5.92 Å². The number of carbonyl (C=O) groups is 1. The first kappa shape index (κ1) is 18.7. The molecule has 126 valence electrons. The summed E-state index contributed by atoms with van der Waals surface area (Å²) in [4.78, 5) is 12.3. The summed E-state index contributed by atoms with van der Waals surface area (Å²) >= 11 is 0. The second-order valence-corrected chi connectivity index (χ2v) is 10.0. The van der Waals surface area contributed by atoms with E-state index in [0.717, 1.165) is 0 Å². The molecule has 6 nitrogen and oxygen atoms in total. The van der Waals surface area contributed by atoms with Gasteiger partial charge >= 0.3 is 0 Å². The molecule has 0 bridgehead atoms. The quantitative estimate of drug-likeness (QED) is 0.896. The summed E-state index contributed by atoms with van der Waals surface area (Å²) in [6, 6.07) is 1.61. The number of aromatic nitrogens is 1. The Morgan fingerprint density at radius 1 is 1.27 bits per heavy atom. The molecule has 7 heteroatoms. The lowest BCUT2D eigenvalue weighted by atomic mass is 9.93. The van der Waals surface area contributed by atoms with Crippen molar-refractivity contribution in [3.8, 4) is 0 Å². The van der Waals surface area contributed by atoms with Gasteiger partial charge in [-0.15, -0.1) is 0 Å². The summed E-state index contributed by atoms with van der Waals surface area (Å²) in [6.45, 7) is 12.3. The van der Waals surface area contributed by atoms with Crippen molar-refractivity contribution in [2.45, 2.75) is 58.6 Å². The molecule has 1 rings (SSSR count). The lowest BCUT2D eigenvalue weighted by Gasteiger charge is -2.24. The molecule has 0 saturated carbocycles. The summed E-state index contributed by atoms with van der Waals surface area (Å²) < 4.78 is 28.4. The predicted octanol–water partition coefficient (Wildman–Crippen LogP) is 2.76. The molecule has 1 amide bonds. The lowest BCUT2D eigenvalue weighted by Crippen LogP contribution is -2.46. The van der Waals surface area contributed by atoms with Gasteiger partial charge in [0.1, 0.15) is 10.5 Å². The molecule has 0 unspecified atom stereocenters. The van der Waals surface area contributed by atoms with Crippen LogP contribution in [0.2, 0.25) is 0 Å². The summed E-state index contributed by atoms with van der Waals surface area (Å²) in [5.74, 6) is 0.145. The summed E-state index contributed by atoms with van der Waals surface area (Å²) in [5, 5.41) is 6.31. The van der Waals surface area contributed by atoms with Crippen LogP contribution in [-0.2, 0) is 20.0 Å². The fraction of sp³-hybridized carbons (Fsp3) is 0.733. The van der Waals surface area contributed by atoms with E-state index in [1.165, 1.54) is 13.8 Å². The monoisotopic (exact) mass is 330 g/mol. The number of anilines is 1. The number of nitrogens with one attached hydrogen (secondary N) is 1. The number of nitrogens with zero attached hydrogens (tertiary/aromatic N) is 1. The van der Waals surface area contributed by atoms with Crippen LogP contribution in [0.1, 0.15) is 54.2 Å². The Bertz CT molecular complexity index is 637. The molecule has 1 aromatic heterocycles. The molecule has 1 aromatic rings. The van der Waals surface area contributed by atoms with E-state index in [1.54, 1.807) is 19.9 Å². The number of hydrogen-bond acceptors (Lipinski definition) is 5. The largest absolute Gasteiger partial charge is 0.359 e. The van der Waals surface area contributed by atoms with Gasteiger partial charge in [0.05, 0.1) is 5.75 Å². The fourth-order valence-corrected chi connectivity index (χ4v) is 3.37. The normalized spacial score (nSPS) is 13.5. The molecule has 0 aromatic carbocycles. The van der Waals surface area contributed by atoms with Crippen molar-refractivity contribution in [2.75, 3.05) is 11.1 Å². The van der Waals surface area contributed by atoms with E-state index in [-0.39, 0.29) is 22.9 Å². The second kappa shape index (κ2) is 6.02. The minimum Gasteiger partial charge on any atom is -0.359 e. The molecule has 0 aliphatic carbocycles. The topological polar surface area (TPSA) is 89.3 Å².